The fraction of sp³-hybridized carbons (Fsp3) is 0.537. The molecule has 15 nitrogen and oxygen atoms in total. The SMILES string of the molecule is Cc1ccc(CC(=O)N[C@@H](Cc2cc(F)cc(F)c2)C(=O)N[C@H]2COC(=O)[C@@H]3C[C@@H](C)CN3C(=O)[C@H](C)NC(=O)C3CCCCN3C(=O)[C@@H]3C[C@@H](O)CN3C2=O)c(F)c1. The Kier molecular flexibility index (Phi) is 13.3. The van der Waals surface area contributed by atoms with Crippen molar-refractivity contribution in [1.29, 1.82) is 0 Å². The molecule has 4 aliphatic heterocycles. The quantitative estimate of drug-likeness (QED) is 0.293. The molecule has 2 aromatic rings. The van der Waals surface area contributed by atoms with E-state index >= 15 is 0 Å². The molecular weight excluding hydrogens is 777 g/mol. The minimum atomic E-state index is -1.75. The summed E-state index contributed by atoms with van der Waals surface area (Å²) in [5, 5.41) is 18.5. The van der Waals surface area contributed by atoms with Gasteiger partial charge in [-0.05, 0) is 80.3 Å². The number of benzene rings is 2. The summed E-state index contributed by atoms with van der Waals surface area (Å²) in [5.74, 6) is -8.31. The van der Waals surface area contributed by atoms with Crippen molar-refractivity contribution in [2.24, 2.45) is 5.92 Å². The molecule has 18 heteroatoms. The minimum Gasteiger partial charge on any atom is -0.461 e. The first-order valence-corrected chi connectivity index (χ1v) is 19.8. The van der Waals surface area contributed by atoms with Gasteiger partial charge in [0.25, 0.3) is 0 Å². The van der Waals surface area contributed by atoms with Gasteiger partial charge in [-0.2, -0.15) is 0 Å². The first kappa shape index (κ1) is 43.1. The van der Waals surface area contributed by atoms with Gasteiger partial charge in [0, 0.05) is 38.5 Å². The molecule has 4 N–H and O–H groups in total. The van der Waals surface area contributed by atoms with E-state index in [9.17, 15) is 51.8 Å². The summed E-state index contributed by atoms with van der Waals surface area (Å²) in [5.41, 5.74) is 0.551. The van der Waals surface area contributed by atoms with E-state index in [1.807, 2.05) is 6.92 Å². The van der Waals surface area contributed by atoms with Crippen LogP contribution in [0.2, 0.25) is 0 Å². The number of amides is 6. The molecule has 0 aliphatic carbocycles. The Morgan fingerprint density at radius 3 is 2.31 bits per heavy atom. The third-order valence-corrected chi connectivity index (χ3v) is 11.3. The van der Waals surface area contributed by atoms with Crippen molar-refractivity contribution in [3.8, 4) is 0 Å². The summed E-state index contributed by atoms with van der Waals surface area (Å²) in [6, 6.07) is -1.13. The van der Waals surface area contributed by atoms with Gasteiger partial charge in [-0.15, -0.1) is 0 Å². The molecule has 6 amide bonds. The highest BCUT2D eigenvalue weighted by Gasteiger charge is 2.47. The molecule has 318 valence electrons. The Morgan fingerprint density at radius 2 is 1.59 bits per heavy atom. The van der Waals surface area contributed by atoms with Crippen LogP contribution in [0.1, 0.15) is 62.6 Å². The zero-order valence-electron chi connectivity index (χ0n) is 33.0. The molecule has 8 atom stereocenters. The van der Waals surface area contributed by atoms with Crippen LogP contribution in [0.3, 0.4) is 0 Å². The van der Waals surface area contributed by atoms with Gasteiger partial charge in [0.05, 0.1) is 12.5 Å². The zero-order valence-corrected chi connectivity index (χ0v) is 33.0. The summed E-state index contributed by atoms with van der Waals surface area (Å²) in [7, 11) is 0. The van der Waals surface area contributed by atoms with Gasteiger partial charge in [0.2, 0.25) is 35.4 Å². The lowest BCUT2D eigenvalue weighted by molar-refractivity contribution is -0.158. The van der Waals surface area contributed by atoms with Gasteiger partial charge in [0.1, 0.15) is 60.3 Å². The van der Waals surface area contributed by atoms with Crippen molar-refractivity contribution in [2.45, 2.75) is 108 Å². The lowest BCUT2D eigenvalue weighted by Crippen LogP contribution is -2.62. The Labute approximate surface area is 339 Å². The van der Waals surface area contributed by atoms with Crippen LogP contribution in [0.4, 0.5) is 13.2 Å². The number of rotatable bonds is 7. The normalized spacial score (nSPS) is 27.3. The van der Waals surface area contributed by atoms with Crippen LogP contribution >= 0.6 is 0 Å². The van der Waals surface area contributed by atoms with E-state index in [1.54, 1.807) is 13.0 Å². The van der Waals surface area contributed by atoms with Crippen molar-refractivity contribution >= 4 is 41.4 Å². The average molecular weight is 827 g/mol. The average Bonchev–Trinajstić information content (AvgIpc) is 3.77. The van der Waals surface area contributed by atoms with E-state index < -0.39 is 121 Å². The van der Waals surface area contributed by atoms with Crippen molar-refractivity contribution in [1.82, 2.24) is 30.7 Å². The third-order valence-electron chi connectivity index (χ3n) is 11.3. The maximum absolute atomic E-state index is 14.7. The van der Waals surface area contributed by atoms with E-state index in [0.717, 1.165) is 17.0 Å². The molecule has 59 heavy (non-hydrogen) atoms. The highest BCUT2D eigenvalue weighted by Crippen LogP contribution is 2.28. The molecule has 1 unspecified atom stereocenters. The Bertz CT molecular complexity index is 1980. The van der Waals surface area contributed by atoms with E-state index in [1.165, 1.54) is 28.9 Å². The highest BCUT2D eigenvalue weighted by atomic mass is 19.1. The predicted molar refractivity (Wildman–Crippen MR) is 202 cm³/mol. The number of cyclic esters (lactones) is 1. The summed E-state index contributed by atoms with van der Waals surface area (Å²) in [4.78, 5) is 101. The first-order chi connectivity index (χ1) is 28.0. The van der Waals surface area contributed by atoms with Crippen LogP contribution in [0.25, 0.3) is 0 Å². The zero-order chi connectivity index (χ0) is 42.7. The largest absolute Gasteiger partial charge is 0.461 e. The van der Waals surface area contributed by atoms with E-state index in [2.05, 4.69) is 16.0 Å². The Hall–Kier alpha value is -5.52. The van der Waals surface area contributed by atoms with Crippen molar-refractivity contribution < 1.29 is 56.6 Å². The second-order valence-corrected chi connectivity index (χ2v) is 16.1. The number of halogens is 3. The number of esters is 1. The van der Waals surface area contributed by atoms with Crippen LogP contribution in [0, 0.1) is 30.3 Å². The monoisotopic (exact) mass is 826 g/mol. The second-order valence-electron chi connectivity index (χ2n) is 16.1. The molecule has 2 aromatic carbocycles. The second kappa shape index (κ2) is 18.2. The smallest absolute Gasteiger partial charge is 0.328 e. The van der Waals surface area contributed by atoms with E-state index in [0.29, 0.717) is 24.5 Å². The molecule has 0 spiro atoms. The van der Waals surface area contributed by atoms with Gasteiger partial charge in [-0.25, -0.2) is 18.0 Å². The van der Waals surface area contributed by atoms with E-state index in [4.69, 9.17) is 4.74 Å². The number of aliphatic hydroxyl groups is 1. The van der Waals surface area contributed by atoms with Crippen LogP contribution in [0.15, 0.2) is 36.4 Å². The van der Waals surface area contributed by atoms with Crippen molar-refractivity contribution in [3.63, 3.8) is 0 Å². The Balaban J connectivity index is 1.33. The number of piperidine rings is 1. The van der Waals surface area contributed by atoms with Crippen LogP contribution in [0.5, 0.6) is 0 Å². The molecule has 0 radical (unpaired) electrons. The van der Waals surface area contributed by atoms with Gasteiger partial charge >= 0.3 is 5.97 Å². The summed E-state index contributed by atoms with van der Waals surface area (Å²) < 4.78 is 48.9. The number of nitrogens with zero attached hydrogens (tertiary/aromatic N) is 3. The number of carbonyl (C=O) groups excluding carboxylic acids is 7. The number of ether oxygens (including phenoxy) is 1. The molecule has 4 aliphatic rings. The first-order valence-electron chi connectivity index (χ1n) is 19.8. The number of carbonyl (C=O) groups is 7. The number of nitrogens with one attached hydrogen (secondary N) is 3. The predicted octanol–water partition coefficient (Wildman–Crippen LogP) is 0.809. The number of hydrogen-bond donors (Lipinski definition) is 4. The van der Waals surface area contributed by atoms with Gasteiger partial charge in [-0.1, -0.05) is 19.1 Å². The summed E-state index contributed by atoms with van der Waals surface area (Å²) >= 11 is 0. The van der Waals surface area contributed by atoms with Crippen molar-refractivity contribution in [3.05, 3.63) is 70.5 Å². The molecule has 4 fully saturated rings. The lowest BCUT2D eigenvalue weighted by Gasteiger charge is -2.39. The third kappa shape index (κ3) is 10.0. The number of hydrogen-bond acceptors (Lipinski definition) is 9. The summed E-state index contributed by atoms with van der Waals surface area (Å²) in [6.07, 6.45) is -0.795. The number of aryl methyl sites for hydroxylation is 1. The fourth-order valence-corrected chi connectivity index (χ4v) is 8.38. The van der Waals surface area contributed by atoms with Gasteiger partial charge in [0.15, 0.2) is 0 Å². The lowest BCUT2D eigenvalue weighted by atomic mass is 9.99. The molecule has 4 heterocycles. The Morgan fingerprint density at radius 1 is 0.881 bits per heavy atom. The molecule has 0 saturated carbocycles. The molecule has 6 rings (SSSR count). The maximum Gasteiger partial charge on any atom is 0.328 e. The molecular formula is C41H49F3N6O9. The number of fused-ring (bicyclic) bond motifs is 3. The van der Waals surface area contributed by atoms with Gasteiger partial charge < -0.3 is 40.5 Å². The van der Waals surface area contributed by atoms with Crippen LogP contribution < -0.4 is 16.0 Å². The van der Waals surface area contributed by atoms with E-state index in [-0.39, 0.29) is 55.9 Å². The maximum atomic E-state index is 14.7. The summed E-state index contributed by atoms with van der Waals surface area (Å²) in [6.45, 7) is 4.11. The molecule has 0 aromatic heterocycles. The van der Waals surface area contributed by atoms with Gasteiger partial charge in [-0.3, -0.25) is 28.8 Å². The standard InChI is InChI=1S/C41H49F3N6O9/c1-21-7-8-25(29(44)10-21)15-35(52)46-30(14-24-12-26(42)16-27(43)13-24)36(53)47-31-20-59-41(58)34-11-22(2)18-49(34)38(55)23(3)45-37(54)32-6-4-5-9-48(32)40(57)33-17-28(51)19-50(33)39(31)56/h7-8,10,12-13,16,22-23,28,30-34,51H,4-6,9,11,14-15,17-20H2,1-3H3,(H,45,54)(H,46,52)(H,47,53)/t22-,23+,28-,30+,31+,32?,33+,34+/m1/s1. The van der Waals surface area contributed by atoms with Crippen molar-refractivity contribution in [2.75, 3.05) is 26.2 Å². The number of aliphatic hydroxyl groups excluding tert-OH is 1. The molecule has 0 bridgehead atoms. The van der Waals surface area contributed by atoms with Crippen LogP contribution in [-0.2, 0) is 51.1 Å². The topological polar surface area (TPSA) is 195 Å². The minimum absolute atomic E-state index is 0.00330. The van der Waals surface area contributed by atoms with Crippen LogP contribution in [-0.4, -0.2) is 130 Å². The fourth-order valence-electron chi connectivity index (χ4n) is 8.38. The molecule has 4 saturated heterocycles. The highest BCUT2D eigenvalue weighted by molar-refractivity contribution is 5.98.